The number of nitroso groups, excluding NO2 is 1. The van der Waals surface area contributed by atoms with Crippen LogP contribution in [0.2, 0.25) is 0 Å². The minimum absolute atomic E-state index is 0.420. The highest BCUT2D eigenvalue weighted by Gasteiger charge is 2.14. The fraction of sp³-hybridized carbons (Fsp3) is 0.182. The number of aromatic nitrogens is 2. The van der Waals surface area contributed by atoms with Crippen molar-refractivity contribution in [1.29, 1.82) is 0 Å². The van der Waals surface area contributed by atoms with Gasteiger partial charge in [-0.1, -0.05) is 30.3 Å². The number of hydrogen-bond acceptors (Lipinski definition) is 3. The van der Waals surface area contributed by atoms with Gasteiger partial charge in [0, 0.05) is 12.6 Å². The first-order valence-corrected chi connectivity index (χ1v) is 4.66. The Hall–Kier alpha value is -1.97. The van der Waals surface area contributed by atoms with Gasteiger partial charge in [0.05, 0.1) is 11.4 Å². The van der Waals surface area contributed by atoms with E-state index < -0.39 is 0 Å². The summed E-state index contributed by atoms with van der Waals surface area (Å²) in [5, 5.41) is 7.22. The summed E-state index contributed by atoms with van der Waals surface area (Å²) in [6.45, 7) is 1.78. The topological polar surface area (TPSA) is 47.2 Å². The fourth-order valence-electron chi connectivity index (χ4n) is 1.68. The Bertz CT molecular complexity index is 488. The smallest absolute Gasteiger partial charge is 0.156 e. The van der Waals surface area contributed by atoms with Gasteiger partial charge in [0.15, 0.2) is 5.69 Å². The molecule has 0 bridgehead atoms. The van der Waals surface area contributed by atoms with Crippen molar-refractivity contribution < 1.29 is 0 Å². The van der Waals surface area contributed by atoms with Gasteiger partial charge in [-0.3, -0.25) is 4.68 Å². The van der Waals surface area contributed by atoms with Crippen LogP contribution in [0.4, 0.5) is 5.69 Å². The van der Waals surface area contributed by atoms with E-state index in [0.29, 0.717) is 11.4 Å². The standard InChI is InChI=1S/C11H11N3O/c1-8-10(13-15)11(14(2)12-8)9-6-4-3-5-7-9/h3-7H,1-2H3. The lowest BCUT2D eigenvalue weighted by atomic mass is 10.1. The molecule has 0 atom stereocenters. The van der Waals surface area contributed by atoms with E-state index in [4.69, 9.17) is 0 Å². The maximum Gasteiger partial charge on any atom is 0.156 e. The quantitative estimate of drug-likeness (QED) is 0.701. The molecule has 0 saturated carbocycles. The molecule has 0 saturated heterocycles. The lowest BCUT2D eigenvalue weighted by Gasteiger charge is -2.01. The molecule has 0 aliphatic carbocycles. The number of aryl methyl sites for hydroxylation is 2. The second-order valence-electron chi connectivity index (χ2n) is 3.36. The molecule has 1 aromatic carbocycles. The first-order valence-electron chi connectivity index (χ1n) is 4.66. The molecule has 2 rings (SSSR count). The Morgan fingerprint density at radius 3 is 2.53 bits per heavy atom. The first kappa shape index (κ1) is 9.58. The minimum atomic E-state index is 0.420. The van der Waals surface area contributed by atoms with Crippen LogP contribution in [0.1, 0.15) is 5.69 Å². The van der Waals surface area contributed by atoms with Gasteiger partial charge in [0.1, 0.15) is 0 Å². The summed E-state index contributed by atoms with van der Waals surface area (Å²) in [5.74, 6) is 0. The molecule has 0 amide bonds. The molecule has 0 aliphatic rings. The van der Waals surface area contributed by atoms with Crippen molar-refractivity contribution in [2.75, 3.05) is 0 Å². The Morgan fingerprint density at radius 2 is 1.93 bits per heavy atom. The summed E-state index contributed by atoms with van der Waals surface area (Å²) in [4.78, 5) is 10.7. The van der Waals surface area contributed by atoms with Gasteiger partial charge in [-0.25, -0.2) is 0 Å². The molecular formula is C11H11N3O. The molecule has 76 valence electrons. The van der Waals surface area contributed by atoms with Crippen LogP contribution in [0.15, 0.2) is 35.5 Å². The average Bonchev–Trinajstić information content (AvgIpc) is 2.54. The highest BCUT2D eigenvalue weighted by Crippen LogP contribution is 2.32. The van der Waals surface area contributed by atoms with Gasteiger partial charge in [-0.15, -0.1) is 4.91 Å². The van der Waals surface area contributed by atoms with Crippen LogP contribution in [0.5, 0.6) is 0 Å². The molecule has 0 fully saturated rings. The van der Waals surface area contributed by atoms with Gasteiger partial charge in [-0.05, 0) is 12.1 Å². The molecule has 15 heavy (non-hydrogen) atoms. The molecule has 2 aromatic rings. The van der Waals surface area contributed by atoms with Gasteiger partial charge in [-0.2, -0.15) is 5.10 Å². The lowest BCUT2D eigenvalue weighted by Crippen LogP contribution is -1.93. The van der Waals surface area contributed by atoms with E-state index >= 15 is 0 Å². The van der Waals surface area contributed by atoms with E-state index in [1.807, 2.05) is 37.4 Å². The normalized spacial score (nSPS) is 10.3. The van der Waals surface area contributed by atoms with Crippen molar-refractivity contribution in [3.05, 3.63) is 40.9 Å². The summed E-state index contributed by atoms with van der Waals surface area (Å²) >= 11 is 0. The van der Waals surface area contributed by atoms with Crippen LogP contribution in [0, 0.1) is 11.8 Å². The molecule has 1 aromatic heterocycles. The zero-order valence-corrected chi connectivity index (χ0v) is 8.64. The Kier molecular flexibility index (Phi) is 2.33. The third kappa shape index (κ3) is 1.54. The summed E-state index contributed by atoms with van der Waals surface area (Å²) in [6, 6.07) is 9.65. The monoisotopic (exact) mass is 201 g/mol. The molecule has 1 heterocycles. The van der Waals surface area contributed by atoms with Crippen LogP contribution in [-0.4, -0.2) is 9.78 Å². The van der Waals surface area contributed by atoms with E-state index in [2.05, 4.69) is 10.3 Å². The third-order valence-electron chi connectivity index (χ3n) is 2.33. The van der Waals surface area contributed by atoms with Gasteiger partial charge >= 0.3 is 0 Å². The van der Waals surface area contributed by atoms with Crippen molar-refractivity contribution >= 4 is 5.69 Å². The third-order valence-corrected chi connectivity index (χ3v) is 2.33. The molecule has 4 heteroatoms. The van der Waals surface area contributed by atoms with E-state index in [9.17, 15) is 4.91 Å². The van der Waals surface area contributed by atoms with Crippen LogP contribution in [0.25, 0.3) is 11.3 Å². The van der Waals surface area contributed by atoms with Crippen molar-refractivity contribution in [2.24, 2.45) is 12.2 Å². The molecule has 0 unspecified atom stereocenters. The molecule has 0 spiro atoms. The largest absolute Gasteiger partial charge is 0.265 e. The Labute approximate surface area is 87.5 Å². The highest BCUT2D eigenvalue weighted by atomic mass is 16.3. The zero-order chi connectivity index (χ0) is 10.8. The second kappa shape index (κ2) is 3.65. The number of nitrogens with zero attached hydrogens (tertiary/aromatic N) is 3. The minimum Gasteiger partial charge on any atom is -0.265 e. The summed E-state index contributed by atoms with van der Waals surface area (Å²) in [6.07, 6.45) is 0. The zero-order valence-electron chi connectivity index (χ0n) is 8.64. The van der Waals surface area contributed by atoms with Crippen molar-refractivity contribution in [3.63, 3.8) is 0 Å². The molecule has 4 nitrogen and oxygen atoms in total. The van der Waals surface area contributed by atoms with E-state index in [1.54, 1.807) is 11.6 Å². The highest BCUT2D eigenvalue weighted by molar-refractivity contribution is 5.73. The number of benzene rings is 1. The lowest BCUT2D eigenvalue weighted by molar-refractivity contribution is 0.764. The van der Waals surface area contributed by atoms with Gasteiger partial charge < -0.3 is 0 Å². The maximum absolute atomic E-state index is 10.7. The average molecular weight is 201 g/mol. The van der Waals surface area contributed by atoms with Crippen LogP contribution >= 0.6 is 0 Å². The Morgan fingerprint density at radius 1 is 1.27 bits per heavy atom. The van der Waals surface area contributed by atoms with E-state index in [1.165, 1.54) is 0 Å². The number of rotatable bonds is 2. The first-order chi connectivity index (χ1) is 7.24. The van der Waals surface area contributed by atoms with Crippen LogP contribution < -0.4 is 0 Å². The molecule has 0 N–H and O–H groups in total. The van der Waals surface area contributed by atoms with E-state index in [0.717, 1.165) is 11.3 Å². The summed E-state index contributed by atoms with van der Waals surface area (Å²) in [7, 11) is 1.81. The predicted molar refractivity (Wildman–Crippen MR) is 58.8 cm³/mol. The fourth-order valence-corrected chi connectivity index (χ4v) is 1.68. The van der Waals surface area contributed by atoms with Crippen molar-refractivity contribution in [2.45, 2.75) is 6.92 Å². The van der Waals surface area contributed by atoms with Crippen molar-refractivity contribution in [3.8, 4) is 11.3 Å². The molecular weight excluding hydrogens is 190 g/mol. The Balaban J connectivity index is 2.67. The van der Waals surface area contributed by atoms with Crippen LogP contribution in [-0.2, 0) is 7.05 Å². The summed E-state index contributed by atoms with van der Waals surface area (Å²) in [5.41, 5.74) is 2.80. The van der Waals surface area contributed by atoms with E-state index in [-0.39, 0.29) is 0 Å². The van der Waals surface area contributed by atoms with Gasteiger partial charge in [0.2, 0.25) is 0 Å². The van der Waals surface area contributed by atoms with Gasteiger partial charge in [0.25, 0.3) is 0 Å². The number of hydrogen-bond donors (Lipinski definition) is 0. The predicted octanol–water partition coefficient (Wildman–Crippen LogP) is 2.79. The van der Waals surface area contributed by atoms with Crippen molar-refractivity contribution in [1.82, 2.24) is 9.78 Å². The SMILES string of the molecule is Cc1nn(C)c(-c2ccccc2)c1N=O. The maximum atomic E-state index is 10.7. The molecule has 0 aliphatic heterocycles. The van der Waals surface area contributed by atoms with Crippen LogP contribution in [0.3, 0.4) is 0 Å². The summed E-state index contributed by atoms with van der Waals surface area (Å²) < 4.78 is 1.68. The second-order valence-corrected chi connectivity index (χ2v) is 3.36. The molecule has 0 radical (unpaired) electrons.